The maximum absolute atomic E-state index is 14.1. The Balaban J connectivity index is 1.32. The number of nitrogens with zero attached hydrogens (tertiary/aromatic N) is 2. The van der Waals surface area contributed by atoms with E-state index in [0.717, 1.165) is 77.7 Å². The number of hydrogen-bond acceptors (Lipinski definition) is 8. The zero-order valence-corrected chi connectivity index (χ0v) is 33.1. The fourth-order valence-corrected chi connectivity index (χ4v) is 10.5. The molecule has 0 radical (unpaired) electrons. The maximum Gasteiger partial charge on any atom is 0.305 e. The first-order chi connectivity index (χ1) is 28.8. The van der Waals surface area contributed by atoms with Gasteiger partial charge in [-0.05, 0) is 90.8 Å². The van der Waals surface area contributed by atoms with E-state index in [1.54, 1.807) is 13.8 Å². The molecular weight excluding hydrogens is 737 g/mol. The van der Waals surface area contributed by atoms with Gasteiger partial charge in [0.15, 0.2) is 11.6 Å². The van der Waals surface area contributed by atoms with Crippen LogP contribution in [0.1, 0.15) is 113 Å². The van der Waals surface area contributed by atoms with Crippen molar-refractivity contribution in [1.82, 2.24) is 9.97 Å². The Bertz CT molecular complexity index is 2690. The quantitative estimate of drug-likeness (QED) is 0.126. The molecule has 4 aliphatic carbocycles. The first-order valence-electron chi connectivity index (χ1n) is 20.6. The number of hydrogen-bond donors (Lipinski definition) is 0. The Labute approximate surface area is 342 Å². The lowest BCUT2D eigenvalue weighted by molar-refractivity contribution is -0.144. The predicted molar refractivity (Wildman–Crippen MR) is 228 cm³/mol. The van der Waals surface area contributed by atoms with Gasteiger partial charge in [0.2, 0.25) is 0 Å². The number of benzene rings is 4. The molecule has 0 spiro atoms. The summed E-state index contributed by atoms with van der Waals surface area (Å²) in [4.78, 5) is 66.1. The van der Waals surface area contributed by atoms with E-state index in [0.29, 0.717) is 30.4 Å². The third kappa shape index (κ3) is 5.64. The highest BCUT2D eigenvalue weighted by atomic mass is 16.5. The smallest absolute Gasteiger partial charge is 0.305 e. The average molecular weight is 779 g/mol. The number of allylic oxidation sites excluding steroid dienone is 2. The number of pyridine rings is 2. The van der Waals surface area contributed by atoms with Crippen molar-refractivity contribution in [3.05, 3.63) is 142 Å². The lowest BCUT2D eigenvalue weighted by Crippen LogP contribution is -2.39. The summed E-state index contributed by atoms with van der Waals surface area (Å²) in [7, 11) is 0. The highest BCUT2D eigenvalue weighted by Gasteiger charge is 2.55. The van der Waals surface area contributed by atoms with Crippen LogP contribution in [0.4, 0.5) is 0 Å². The van der Waals surface area contributed by atoms with E-state index in [1.165, 1.54) is 0 Å². The molecule has 8 heteroatoms. The van der Waals surface area contributed by atoms with Crippen molar-refractivity contribution in [2.24, 2.45) is 0 Å². The predicted octanol–water partition coefficient (Wildman–Crippen LogP) is 10.3. The summed E-state index contributed by atoms with van der Waals surface area (Å²) in [5, 5.41) is 1.87. The minimum absolute atomic E-state index is 0.0175. The molecule has 2 heterocycles. The summed E-state index contributed by atoms with van der Waals surface area (Å²) < 4.78 is 11.2. The molecule has 10 rings (SSSR count). The molecule has 6 aromatic rings. The van der Waals surface area contributed by atoms with E-state index in [2.05, 4.69) is 24.3 Å². The molecule has 8 nitrogen and oxygen atoms in total. The third-order valence-corrected chi connectivity index (χ3v) is 12.9. The molecule has 4 aliphatic rings. The van der Waals surface area contributed by atoms with E-state index in [9.17, 15) is 19.2 Å². The average Bonchev–Trinajstić information content (AvgIpc) is 3.66. The molecule has 4 aromatic carbocycles. The van der Waals surface area contributed by atoms with E-state index >= 15 is 0 Å². The number of Topliss-reactive ketones (excluding diaryl/α,β-unsaturated/α-hetero) is 2. The van der Waals surface area contributed by atoms with Crippen LogP contribution in [0.25, 0.3) is 56.5 Å². The van der Waals surface area contributed by atoms with Crippen LogP contribution in [0.5, 0.6) is 0 Å². The number of carbonyl (C=O) groups is 4. The molecule has 59 heavy (non-hydrogen) atoms. The van der Waals surface area contributed by atoms with Gasteiger partial charge in [0, 0.05) is 69.5 Å². The highest BCUT2D eigenvalue weighted by molar-refractivity contribution is 6.12. The molecule has 2 aromatic heterocycles. The Hall–Kier alpha value is -6.54. The zero-order valence-electron chi connectivity index (χ0n) is 33.1. The molecule has 0 fully saturated rings. The number of fused-ring (bicyclic) bond motifs is 12. The van der Waals surface area contributed by atoms with Crippen LogP contribution in [-0.2, 0) is 29.9 Å². The van der Waals surface area contributed by atoms with E-state index in [-0.39, 0.29) is 62.4 Å². The molecule has 2 unspecified atom stereocenters. The molecule has 0 bridgehead atoms. The molecule has 2 atom stereocenters. The summed E-state index contributed by atoms with van der Waals surface area (Å²) in [5.74, 6) is -0.605. The highest BCUT2D eigenvalue weighted by Crippen LogP contribution is 2.64. The van der Waals surface area contributed by atoms with Gasteiger partial charge in [0.1, 0.15) is 0 Å². The maximum atomic E-state index is 14.1. The first kappa shape index (κ1) is 36.8. The zero-order chi connectivity index (χ0) is 40.5. The van der Waals surface area contributed by atoms with Gasteiger partial charge in [0.05, 0.1) is 35.6 Å². The minimum atomic E-state index is -0.927. The van der Waals surface area contributed by atoms with Crippen molar-refractivity contribution in [2.75, 3.05) is 13.2 Å². The summed E-state index contributed by atoms with van der Waals surface area (Å²) in [6.45, 7) is 4.10. The Kier molecular flexibility index (Phi) is 8.78. The topological polar surface area (TPSA) is 113 Å². The van der Waals surface area contributed by atoms with Crippen LogP contribution in [-0.4, -0.2) is 46.7 Å². The van der Waals surface area contributed by atoms with Gasteiger partial charge in [0.25, 0.3) is 0 Å². The summed E-state index contributed by atoms with van der Waals surface area (Å²) >= 11 is 0. The number of aromatic nitrogens is 2. The Morgan fingerprint density at radius 1 is 0.576 bits per heavy atom. The number of rotatable bonds is 10. The van der Waals surface area contributed by atoms with Crippen molar-refractivity contribution in [2.45, 2.75) is 69.6 Å². The number of ether oxygens (including phenoxy) is 2. The standard InChI is InChI=1S/C51H42N2O6/c1-3-58-42(56)23-25-50(34-21-19-30-13-9-17-40(54)44(30)46(34)48-36(50)27-32-11-5-7-15-38(32)52-48)29-51(26-24-43(57)59-4-2)35-22-20-31-14-10-18-41(55)45(31)47(35)49-37(51)28-33-12-6-8-16-39(33)53-49/h5-16,19-22,27-28H,3-4,17-18,23-26,29H2,1-2H3. The Morgan fingerprint density at radius 3 is 1.46 bits per heavy atom. The summed E-state index contributed by atoms with van der Waals surface area (Å²) in [6.07, 6.45) is 9.63. The van der Waals surface area contributed by atoms with Gasteiger partial charge in [-0.15, -0.1) is 0 Å². The van der Waals surface area contributed by atoms with Crippen LogP contribution >= 0.6 is 0 Å². The number of carbonyl (C=O) groups excluding carboxylic acids is 4. The van der Waals surface area contributed by atoms with Crippen molar-refractivity contribution in [1.29, 1.82) is 0 Å². The van der Waals surface area contributed by atoms with E-state index < -0.39 is 10.8 Å². The van der Waals surface area contributed by atoms with Crippen LogP contribution in [0.2, 0.25) is 0 Å². The third-order valence-electron chi connectivity index (χ3n) is 12.9. The van der Waals surface area contributed by atoms with Crippen LogP contribution in [0.15, 0.2) is 97.1 Å². The number of esters is 2. The Morgan fingerprint density at radius 2 is 1.02 bits per heavy atom. The lowest BCUT2D eigenvalue weighted by Gasteiger charge is -2.42. The number of para-hydroxylation sites is 2. The second-order valence-electron chi connectivity index (χ2n) is 16.1. The van der Waals surface area contributed by atoms with E-state index in [1.807, 2.05) is 85.0 Å². The fraction of sp³-hybridized carbons (Fsp3) is 0.255. The largest absolute Gasteiger partial charge is 0.466 e. The van der Waals surface area contributed by atoms with Gasteiger partial charge in [-0.1, -0.05) is 85.0 Å². The molecule has 0 saturated heterocycles. The van der Waals surface area contributed by atoms with Crippen LogP contribution in [0.3, 0.4) is 0 Å². The van der Waals surface area contributed by atoms with Gasteiger partial charge in [-0.25, -0.2) is 9.97 Å². The molecule has 292 valence electrons. The van der Waals surface area contributed by atoms with Crippen LogP contribution in [0, 0.1) is 0 Å². The van der Waals surface area contributed by atoms with Gasteiger partial charge < -0.3 is 9.47 Å². The molecule has 0 aliphatic heterocycles. The number of ketones is 2. The second kappa shape index (κ2) is 14.1. The lowest BCUT2D eigenvalue weighted by atomic mass is 9.59. The van der Waals surface area contributed by atoms with Gasteiger partial charge in [-0.3, -0.25) is 19.2 Å². The second-order valence-corrected chi connectivity index (χ2v) is 16.1. The van der Waals surface area contributed by atoms with Gasteiger partial charge in [-0.2, -0.15) is 0 Å². The van der Waals surface area contributed by atoms with Crippen molar-refractivity contribution in [3.63, 3.8) is 0 Å². The van der Waals surface area contributed by atoms with Crippen molar-refractivity contribution < 1.29 is 28.7 Å². The monoisotopic (exact) mass is 778 g/mol. The first-order valence-corrected chi connectivity index (χ1v) is 20.6. The summed E-state index contributed by atoms with van der Waals surface area (Å²) in [5.41, 5.74) is 9.41. The molecule has 0 saturated carbocycles. The van der Waals surface area contributed by atoms with Gasteiger partial charge >= 0.3 is 11.9 Å². The summed E-state index contributed by atoms with van der Waals surface area (Å²) in [6, 6.07) is 28.6. The van der Waals surface area contributed by atoms with Crippen molar-refractivity contribution in [3.8, 4) is 22.5 Å². The molecule has 0 amide bonds. The van der Waals surface area contributed by atoms with Crippen molar-refractivity contribution >= 4 is 57.5 Å². The molecular formula is C51H42N2O6. The molecule has 0 N–H and O–H groups in total. The van der Waals surface area contributed by atoms with Crippen LogP contribution < -0.4 is 0 Å². The normalized spacial score (nSPS) is 19.2. The SMILES string of the molecule is CCOC(=O)CCC1(CC2(CCC(=O)OCC)c3cc4ccccc4nc3-c3c2ccc2c3C(=O)CC=C2)c2cc3ccccc3nc2-c2c1ccc1c2C(=O)CC=C1. The fourth-order valence-electron chi connectivity index (χ4n) is 10.5. The van der Waals surface area contributed by atoms with E-state index in [4.69, 9.17) is 19.4 Å². The minimum Gasteiger partial charge on any atom is -0.466 e.